The second kappa shape index (κ2) is 14.1. The van der Waals surface area contributed by atoms with Gasteiger partial charge in [-0.1, -0.05) is 64.0 Å². The van der Waals surface area contributed by atoms with E-state index < -0.39 is 11.7 Å². The molecule has 5 heteroatoms. The predicted octanol–water partition coefficient (Wildman–Crippen LogP) is 4.12. The Kier molecular flexibility index (Phi) is 12.6. The maximum atomic E-state index is 12.3. The van der Waals surface area contributed by atoms with E-state index in [0.29, 0.717) is 12.8 Å². The van der Waals surface area contributed by atoms with E-state index in [2.05, 4.69) is 6.92 Å². The summed E-state index contributed by atoms with van der Waals surface area (Å²) in [6.07, 6.45) is 14.0. The highest BCUT2D eigenvalue weighted by Crippen LogP contribution is 2.34. The third kappa shape index (κ3) is 10.5. The molecule has 0 aromatic carbocycles. The maximum Gasteiger partial charge on any atom is 0.158 e. The van der Waals surface area contributed by atoms with E-state index in [0.717, 1.165) is 51.4 Å². The summed E-state index contributed by atoms with van der Waals surface area (Å²) in [7, 11) is 0. The van der Waals surface area contributed by atoms with Crippen molar-refractivity contribution in [3.63, 3.8) is 0 Å². The fraction of sp³-hybridized carbons (Fsp3) is 0.833. The Balaban J connectivity index is 2.40. The van der Waals surface area contributed by atoms with Crippen LogP contribution in [0.1, 0.15) is 97.3 Å². The lowest BCUT2D eigenvalue weighted by molar-refractivity contribution is -0.122. The molecule has 1 aliphatic carbocycles. The summed E-state index contributed by atoms with van der Waals surface area (Å²) in [5.41, 5.74) is -0.737. The Morgan fingerprint density at radius 3 is 2.52 bits per heavy atom. The van der Waals surface area contributed by atoms with Gasteiger partial charge < -0.3 is 15.3 Å². The number of aliphatic hydroxyl groups excluding tert-OH is 2. The molecular formula is C24H42O5. The summed E-state index contributed by atoms with van der Waals surface area (Å²) in [6, 6.07) is 0. The highest BCUT2D eigenvalue weighted by molar-refractivity contribution is 5.84. The van der Waals surface area contributed by atoms with Gasteiger partial charge in [-0.25, -0.2) is 0 Å². The van der Waals surface area contributed by atoms with E-state index in [1.165, 1.54) is 12.8 Å². The number of carbonyl (C=O) groups is 2. The van der Waals surface area contributed by atoms with Gasteiger partial charge in [-0.3, -0.25) is 9.59 Å². The van der Waals surface area contributed by atoms with Gasteiger partial charge in [0.15, 0.2) is 5.78 Å². The summed E-state index contributed by atoms with van der Waals surface area (Å²) in [5, 5.41) is 29.5. The highest BCUT2D eigenvalue weighted by atomic mass is 16.3. The number of hydrogen-bond acceptors (Lipinski definition) is 5. The number of Topliss-reactive ketones (excluding diaryl/α,β-unsaturated/α-hetero) is 2. The zero-order valence-electron chi connectivity index (χ0n) is 18.4. The normalized spacial score (nSPS) is 24.3. The number of carbonyl (C=O) groups excluding carboxylic acids is 2. The smallest absolute Gasteiger partial charge is 0.158 e. The van der Waals surface area contributed by atoms with E-state index in [1.807, 2.05) is 19.1 Å². The van der Waals surface area contributed by atoms with Crippen molar-refractivity contribution in [3.05, 3.63) is 12.2 Å². The zero-order valence-corrected chi connectivity index (χ0v) is 18.4. The molecular weight excluding hydrogens is 368 g/mol. The number of rotatable bonds is 16. The van der Waals surface area contributed by atoms with Crippen LogP contribution in [0.2, 0.25) is 0 Å². The summed E-state index contributed by atoms with van der Waals surface area (Å²) in [4.78, 5) is 23.4. The number of ketones is 2. The predicted molar refractivity (Wildman–Crippen MR) is 116 cm³/mol. The van der Waals surface area contributed by atoms with Crippen molar-refractivity contribution in [1.29, 1.82) is 0 Å². The van der Waals surface area contributed by atoms with Gasteiger partial charge in [-0.2, -0.15) is 0 Å². The Hall–Kier alpha value is -1.04. The molecule has 0 aromatic heterocycles. The van der Waals surface area contributed by atoms with Gasteiger partial charge in [0.2, 0.25) is 0 Å². The van der Waals surface area contributed by atoms with Gasteiger partial charge in [0.1, 0.15) is 12.4 Å². The first-order chi connectivity index (χ1) is 13.8. The van der Waals surface area contributed by atoms with Crippen LogP contribution in [0.5, 0.6) is 0 Å². The standard InChI is InChI=1S/C24H42O5/c1-3-4-5-10-15-24(2,29)16-11-14-21-20(22(27)17-23(21)28)13-9-7-6-8-12-19(26)18-25/h11,14,20-21,23,25,28-29H,3-10,12-13,15-18H2,1-2H3/b14-11+/t20-,21-,23-,24?/m1/s1. The summed E-state index contributed by atoms with van der Waals surface area (Å²) < 4.78 is 0. The molecule has 168 valence electrons. The van der Waals surface area contributed by atoms with E-state index in [1.54, 1.807) is 0 Å². The van der Waals surface area contributed by atoms with Crippen LogP contribution in [0, 0.1) is 11.8 Å². The molecule has 0 radical (unpaired) electrons. The monoisotopic (exact) mass is 410 g/mol. The third-order valence-corrected chi connectivity index (χ3v) is 6.11. The van der Waals surface area contributed by atoms with Gasteiger partial charge >= 0.3 is 0 Å². The van der Waals surface area contributed by atoms with Crippen molar-refractivity contribution in [2.24, 2.45) is 11.8 Å². The SMILES string of the molecule is CCCCCCC(C)(O)C/C=C/[C@H]1[C@H](O)CC(=O)[C@@H]1CCCCCCC(=O)CO. The van der Waals surface area contributed by atoms with Crippen LogP contribution >= 0.6 is 0 Å². The average molecular weight is 411 g/mol. The molecule has 3 N–H and O–H groups in total. The molecule has 0 aliphatic heterocycles. The Bertz CT molecular complexity index is 511. The number of unbranched alkanes of at least 4 members (excludes halogenated alkanes) is 6. The molecule has 0 spiro atoms. The van der Waals surface area contributed by atoms with Crippen LogP contribution < -0.4 is 0 Å². The van der Waals surface area contributed by atoms with Crippen LogP contribution in [0.3, 0.4) is 0 Å². The van der Waals surface area contributed by atoms with Crippen molar-refractivity contribution in [1.82, 2.24) is 0 Å². The molecule has 0 saturated heterocycles. The zero-order chi connectivity index (χ0) is 21.7. The van der Waals surface area contributed by atoms with Crippen LogP contribution in [-0.2, 0) is 9.59 Å². The van der Waals surface area contributed by atoms with Crippen LogP contribution in [0.4, 0.5) is 0 Å². The molecule has 0 aromatic rings. The minimum atomic E-state index is -0.737. The lowest BCUT2D eigenvalue weighted by Gasteiger charge is -2.22. The molecule has 1 aliphatic rings. The van der Waals surface area contributed by atoms with Gasteiger partial charge in [0, 0.05) is 24.7 Å². The Morgan fingerprint density at radius 1 is 1.14 bits per heavy atom. The quantitative estimate of drug-likeness (QED) is 0.263. The molecule has 1 rings (SSSR count). The van der Waals surface area contributed by atoms with Crippen molar-refractivity contribution >= 4 is 11.6 Å². The second-order valence-electron chi connectivity index (χ2n) is 9.01. The molecule has 29 heavy (non-hydrogen) atoms. The third-order valence-electron chi connectivity index (χ3n) is 6.11. The lowest BCUT2D eigenvalue weighted by Crippen LogP contribution is -2.23. The van der Waals surface area contributed by atoms with E-state index >= 15 is 0 Å². The number of hydrogen-bond donors (Lipinski definition) is 3. The van der Waals surface area contributed by atoms with Crippen molar-refractivity contribution in [2.45, 2.75) is 109 Å². The molecule has 0 amide bonds. The topological polar surface area (TPSA) is 94.8 Å². The minimum absolute atomic E-state index is 0.120. The first-order valence-corrected chi connectivity index (χ1v) is 11.5. The fourth-order valence-electron chi connectivity index (χ4n) is 4.22. The molecule has 0 heterocycles. The van der Waals surface area contributed by atoms with Gasteiger partial charge in [0.05, 0.1) is 11.7 Å². The minimum Gasteiger partial charge on any atom is -0.392 e. The first-order valence-electron chi connectivity index (χ1n) is 11.5. The van der Waals surface area contributed by atoms with Gasteiger partial charge in [-0.15, -0.1) is 0 Å². The van der Waals surface area contributed by atoms with Crippen LogP contribution in [0.15, 0.2) is 12.2 Å². The van der Waals surface area contributed by atoms with Crippen LogP contribution in [0.25, 0.3) is 0 Å². The van der Waals surface area contributed by atoms with E-state index in [4.69, 9.17) is 5.11 Å². The first kappa shape index (κ1) is 26.0. The van der Waals surface area contributed by atoms with E-state index in [-0.39, 0.29) is 36.4 Å². The Labute approximate surface area is 176 Å². The summed E-state index contributed by atoms with van der Waals surface area (Å²) in [5.74, 6) is -0.288. The molecule has 1 saturated carbocycles. The second-order valence-corrected chi connectivity index (χ2v) is 9.01. The highest BCUT2D eigenvalue weighted by Gasteiger charge is 2.39. The van der Waals surface area contributed by atoms with E-state index in [9.17, 15) is 19.8 Å². The van der Waals surface area contributed by atoms with Crippen LogP contribution in [-0.4, -0.2) is 45.2 Å². The molecule has 1 fully saturated rings. The lowest BCUT2D eigenvalue weighted by atomic mass is 9.87. The Morgan fingerprint density at radius 2 is 1.83 bits per heavy atom. The molecule has 1 unspecified atom stereocenters. The largest absolute Gasteiger partial charge is 0.392 e. The summed E-state index contributed by atoms with van der Waals surface area (Å²) >= 11 is 0. The number of aliphatic hydroxyl groups is 3. The average Bonchev–Trinajstić information content (AvgIpc) is 2.94. The molecule has 5 nitrogen and oxygen atoms in total. The van der Waals surface area contributed by atoms with Crippen molar-refractivity contribution in [3.8, 4) is 0 Å². The molecule has 4 atom stereocenters. The molecule has 0 bridgehead atoms. The maximum absolute atomic E-state index is 12.3. The summed E-state index contributed by atoms with van der Waals surface area (Å²) in [6.45, 7) is 3.65. The van der Waals surface area contributed by atoms with Gasteiger partial charge in [-0.05, 0) is 32.6 Å². The van der Waals surface area contributed by atoms with Crippen molar-refractivity contribution < 1.29 is 24.9 Å². The fourth-order valence-corrected chi connectivity index (χ4v) is 4.22. The van der Waals surface area contributed by atoms with Crippen molar-refractivity contribution in [2.75, 3.05) is 6.61 Å². The van der Waals surface area contributed by atoms with Gasteiger partial charge in [0.25, 0.3) is 0 Å².